The number of hydrogen-bond acceptors (Lipinski definition) is 2. The van der Waals surface area contributed by atoms with Crippen molar-refractivity contribution in [1.82, 2.24) is 14.5 Å². The molecule has 112 valence electrons. The lowest BCUT2D eigenvalue weighted by atomic mass is 9.95. The number of hydrogen-bond donors (Lipinski definition) is 0. The molecule has 1 aliphatic rings. The van der Waals surface area contributed by atoms with Crippen LogP contribution in [0, 0.1) is 12.7 Å². The van der Waals surface area contributed by atoms with Crippen molar-refractivity contribution >= 4 is 0 Å². The van der Waals surface area contributed by atoms with Crippen LogP contribution in [0.4, 0.5) is 4.39 Å². The zero-order valence-corrected chi connectivity index (χ0v) is 12.5. The van der Waals surface area contributed by atoms with Crippen LogP contribution >= 0.6 is 0 Å². The molecule has 0 amide bonds. The lowest BCUT2D eigenvalue weighted by Crippen LogP contribution is -2.35. The first-order chi connectivity index (χ1) is 10.2. The highest BCUT2D eigenvalue weighted by Crippen LogP contribution is 2.30. The van der Waals surface area contributed by atoms with Gasteiger partial charge in [0.15, 0.2) is 0 Å². The lowest BCUT2D eigenvalue weighted by molar-refractivity contribution is 0.143. The predicted octanol–water partition coefficient (Wildman–Crippen LogP) is 3.56. The fourth-order valence-corrected chi connectivity index (χ4v) is 3.20. The molecule has 0 N–H and O–H groups in total. The van der Waals surface area contributed by atoms with Crippen LogP contribution in [0.15, 0.2) is 36.7 Å². The van der Waals surface area contributed by atoms with E-state index in [0.29, 0.717) is 6.04 Å². The molecule has 1 saturated heterocycles. The fraction of sp³-hybridized carbons (Fsp3) is 0.471. The van der Waals surface area contributed by atoms with Gasteiger partial charge in [-0.3, -0.25) is 4.90 Å². The Morgan fingerprint density at radius 2 is 2.00 bits per heavy atom. The Labute approximate surface area is 125 Å². The highest BCUT2D eigenvalue weighted by molar-refractivity contribution is 5.20. The minimum absolute atomic E-state index is 0.157. The molecule has 3 nitrogen and oxygen atoms in total. The molecule has 1 atom stereocenters. The first-order valence-corrected chi connectivity index (χ1v) is 7.71. The summed E-state index contributed by atoms with van der Waals surface area (Å²) in [5.74, 6) is 0.903. The average molecular weight is 287 g/mol. The highest BCUT2D eigenvalue weighted by Gasteiger charge is 2.23. The standard InChI is InChI=1S/C17H22FN3/c1-14-19-9-11-20(14)12-13-21-10-3-2-4-17(21)15-5-7-16(18)8-6-15/h5-9,11,17H,2-4,10,12-13H2,1H3/t17-/m0/s1. The second-order valence-corrected chi connectivity index (χ2v) is 5.77. The molecule has 1 aromatic heterocycles. The summed E-state index contributed by atoms with van der Waals surface area (Å²) in [6, 6.07) is 7.43. The van der Waals surface area contributed by atoms with Gasteiger partial charge >= 0.3 is 0 Å². The Morgan fingerprint density at radius 3 is 2.71 bits per heavy atom. The van der Waals surface area contributed by atoms with E-state index >= 15 is 0 Å². The molecule has 0 saturated carbocycles. The lowest BCUT2D eigenvalue weighted by Gasteiger charge is -2.36. The van der Waals surface area contributed by atoms with E-state index in [-0.39, 0.29) is 5.82 Å². The number of nitrogens with zero attached hydrogens (tertiary/aromatic N) is 3. The van der Waals surface area contributed by atoms with Gasteiger partial charge in [0.1, 0.15) is 11.6 Å². The number of likely N-dealkylation sites (tertiary alicyclic amines) is 1. The van der Waals surface area contributed by atoms with Gasteiger partial charge in [-0.2, -0.15) is 0 Å². The molecule has 0 radical (unpaired) electrons. The van der Waals surface area contributed by atoms with Gasteiger partial charge in [0.05, 0.1) is 0 Å². The van der Waals surface area contributed by atoms with E-state index in [4.69, 9.17) is 0 Å². The van der Waals surface area contributed by atoms with Gasteiger partial charge < -0.3 is 4.57 Å². The van der Waals surface area contributed by atoms with Crippen LogP contribution < -0.4 is 0 Å². The molecule has 2 heterocycles. The summed E-state index contributed by atoms with van der Waals surface area (Å²) in [7, 11) is 0. The zero-order chi connectivity index (χ0) is 14.7. The summed E-state index contributed by atoms with van der Waals surface area (Å²) in [4.78, 5) is 6.79. The van der Waals surface area contributed by atoms with Crippen LogP contribution in [0.25, 0.3) is 0 Å². The van der Waals surface area contributed by atoms with Crippen LogP contribution in [0.1, 0.15) is 36.7 Å². The van der Waals surface area contributed by atoms with Crippen molar-refractivity contribution in [3.63, 3.8) is 0 Å². The van der Waals surface area contributed by atoms with Crippen molar-refractivity contribution in [2.24, 2.45) is 0 Å². The van der Waals surface area contributed by atoms with Crippen molar-refractivity contribution in [1.29, 1.82) is 0 Å². The maximum atomic E-state index is 13.1. The monoisotopic (exact) mass is 287 g/mol. The smallest absolute Gasteiger partial charge is 0.123 e. The number of imidazole rings is 1. The summed E-state index contributed by atoms with van der Waals surface area (Å²) in [6.45, 7) is 5.13. The van der Waals surface area contributed by atoms with Gasteiger partial charge in [-0.15, -0.1) is 0 Å². The normalized spacial score (nSPS) is 19.8. The summed E-state index contributed by atoms with van der Waals surface area (Å²) in [6.07, 6.45) is 7.55. The largest absolute Gasteiger partial charge is 0.334 e. The van der Waals surface area contributed by atoms with Crippen molar-refractivity contribution in [2.45, 2.75) is 38.8 Å². The molecule has 0 aliphatic carbocycles. The molecule has 1 aliphatic heterocycles. The highest BCUT2D eigenvalue weighted by atomic mass is 19.1. The van der Waals surface area contributed by atoms with E-state index < -0.39 is 0 Å². The van der Waals surface area contributed by atoms with Gasteiger partial charge in [0, 0.05) is 31.5 Å². The van der Waals surface area contributed by atoms with E-state index in [9.17, 15) is 4.39 Å². The van der Waals surface area contributed by atoms with Crippen LogP contribution in [0.2, 0.25) is 0 Å². The molecule has 0 unspecified atom stereocenters. The van der Waals surface area contributed by atoms with Crippen molar-refractivity contribution < 1.29 is 4.39 Å². The summed E-state index contributed by atoms with van der Waals surface area (Å²) < 4.78 is 15.3. The second-order valence-electron chi connectivity index (χ2n) is 5.77. The van der Waals surface area contributed by atoms with Crippen LogP contribution in [0.3, 0.4) is 0 Å². The van der Waals surface area contributed by atoms with E-state index in [2.05, 4.69) is 14.5 Å². The van der Waals surface area contributed by atoms with Crippen LogP contribution in [-0.4, -0.2) is 27.5 Å². The molecule has 3 rings (SSSR count). The van der Waals surface area contributed by atoms with Crippen molar-refractivity contribution in [3.05, 3.63) is 53.9 Å². The molecule has 0 spiro atoms. The first kappa shape index (κ1) is 14.3. The van der Waals surface area contributed by atoms with E-state index in [1.54, 1.807) is 12.1 Å². The van der Waals surface area contributed by atoms with Gasteiger partial charge in [-0.1, -0.05) is 18.6 Å². The Bertz CT molecular complexity index is 576. The van der Waals surface area contributed by atoms with E-state index in [1.165, 1.54) is 18.4 Å². The molecular weight excluding hydrogens is 265 g/mol. The van der Waals surface area contributed by atoms with E-state index in [0.717, 1.165) is 31.9 Å². The number of rotatable bonds is 4. The summed E-state index contributed by atoms with van der Waals surface area (Å²) >= 11 is 0. The zero-order valence-electron chi connectivity index (χ0n) is 12.5. The molecule has 0 bridgehead atoms. The maximum absolute atomic E-state index is 13.1. The molecule has 21 heavy (non-hydrogen) atoms. The topological polar surface area (TPSA) is 21.1 Å². The fourth-order valence-electron chi connectivity index (χ4n) is 3.20. The number of benzene rings is 1. The molecule has 4 heteroatoms. The Hall–Kier alpha value is -1.68. The minimum Gasteiger partial charge on any atom is -0.334 e. The third kappa shape index (κ3) is 3.32. The molecule has 1 fully saturated rings. The maximum Gasteiger partial charge on any atom is 0.123 e. The molecule has 2 aromatic rings. The summed E-state index contributed by atoms with van der Waals surface area (Å²) in [5, 5.41) is 0. The van der Waals surface area contributed by atoms with Gasteiger partial charge in [-0.05, 0) is 44.0 Å². The minimum atomic E-state index is -0.157. The molecule has 1 aromatic carbocycles. The van der Waals surface area contributed by atoms with Gasteiger partial charge in [-0.25, -0.2) is 9.37 Å². The number of halogens is 1. The summed E-state index contributed by atoms with van der Waals surface area (Å²) in [5.41, 5.74) is 1.23. The van der Waals surface area contributed by atoms with Crippen LogP contribution in [0.5, 0.6) is 0 Å². The Balaban J connectivity index is 1.69. The quantitative estimate of drug-likeness (QED) is 0.857. The Morgan fingerprint density at radius 1 is 1.19 bits per heavy atom. The molecular formula is C17H22FN3. The predicted molar refractivity (Wildman–Crippen MR) is 81.5 cm³/mol. The third-order valence-electron chi connectivity index (χ3n) is 4.42. The van der Waals surface area contributed by atoms with Crippen molar-refractivity contribution in [3.8, 4) is 0 Å². The van der Waals surface area contributed by atoms with Crippen LogP contribution in [-0.2, 0) is 6.54 Å². The van der Waals surface area contributed by atoms with Crippen molar-refractivity contribution in [2.75, 3.05) is 13.1 Å². The Kier molecular flexibility index (Phi) is 4.34. The van der Waals surface area contributed by atoms with E-state index in [1.807, 2.05) is 31.5 Å². The number of aryl methyl sites for hydroxylation is 1. The first-order valence-electron chi connectivity index (χ1n) is 7.71. The third-order valence-corrected chi connectivity index (χ3v) is 4.42. The number of aromatic nitrogens is 2. The van der Waals surface area contributed by atoms with Gasteiger partial charge in [0.2, 0.25) is 0 Å². The average Bonchev–Trinajstić information content (AvgIpc) is 2.92. The number of piperidine rings is 1. The van der Waals surface area contributed by atoms with Gasteiger partial charge in [0.25, 0.3) is 0 Å². The SMILES string of the molecule is Cc1nccn1CCN1CCCC[C@H]1c1ccc(F)cc1. The second kappa shape index (κ2) is 6.39.